The number of imide groups is 1. The fourth-order valence-corrected chi connectivity index (χ4v) is 5.48. The van der Waals surface area contributed by atoms with E-state index in [1.807, 2.05) is 54.8 Å². The molecule has 2 aliphatic rings. The Morgan fingerprint density at radius 3 is 2.74 bits per heavy atom. The summed E-state index contributed by atoms with van der Waals surface area (Å²) >= 11 is 1.43. The zero-order valence-corrected chi connectivity index (χ0v) is 19.8. The van der Waals surface area contributed by atoms with Gasteiger partial charge in [-0.3, -0.25) is 19.3 Å². The Hall–Kier alpha value is -3.52. The number of fused-ring (bicyclic) bond motifs is 1. The van der Waals surface area contributed by atoms with Crippen LogP contribution >= 0.6 is 11.3 Å². The molecule has 1 N–H and O–H groups in total. The predicted molar refractivity (Wildman–Crippen MR) is 131 cm³/mol. The maximum absolute atomic E-state index is 13.5. The molecule has 174 valence electrons. The lowest BCUT2D eigenvalue weighted by Gasteiger charge is -2.34. The summed E-state index contributed by atoms with van der Waals surface area (Å²) in [5, 5.41) is 5.61. The van der Waals surface area contributed by atoms with Crippen molar-refractivity contribution in [2.45, 2.75) is 32.4 Å². The summed E-state index contributed by atoms with van der Waals surface area (Å²) in [5.41, 5.74) is 2.64. The molecule has 2 aromatic carbocycles. The van der Waals surface area contributed by atoms with E-state index in [1.165, 1.54) is 16.2 Å². The Kier molecular flexibility index (Phi) is 6.15. The first kappa shape index (κ1) is 22.3. The van der Waals surface area contributed by atoms with Crippen LogP contribution in [0.15, 0.2) is 60.1 Å². The molecule has 8 heteroatoms. The largest absolute Gasteiger partial charge is 0.370 e. The van der Waals surface area contributed by atoms with Gasteiger partial charge in [0.25, 0.3) is 11.8 Å². The highest BCUT2D eigenvalue weighted by Gasteiger charge is 2.42. The van der Waals surface area contributed by atoms with Crippen molar-refractivity contribution < 1.29 is 14.4 Å². The molecular formula is C26H26N4O3S. The number of carbonyl (C=O) groups is 3. The minimum absolute atomic E-state index is 0.0163. The number of carbonyl (C=O) groups excluding carboxylic acids is 3. The highest BCUT2D eigenvalue weighted by Crippen LogP contribution is 2.37. The Morgan fingerprint density at radius 1 is 1.15 bits per heavy atom. The fraction of sp³-hybridized carbons (Fsp3) is 0.308. The van der Waals surface area contributed by atoms with Gasteiger partial charge in [0.05, 0.1) is 28.8 Å². The van der Waals surface area contributed by atoms with Crippen LogP contribution in [0.25, 0.3) is 0 Å². The number of anilines is 1. The van der Waals surface area contributed by atoms with E-state index in [0.29, 0.717) is 24.2 Å². The number of nitrogens with one attached hydrogen (secondary N) is 1. The van der Waals surface area contributed by atoms with Gasteiger partial charge >= 0.3 is 0 Å². The highest BCUT2D eigenvalue weighted by molar-refractivity contribution is 7.09. The quantitative estimate of drug-likeness (QED) is 0.546. The Morgan fingerprint density at radius 2 is 1.97 bits per heavy atom. The number of thiazole rings is 1. The van der Waals surface area contributed by atoms with E-state index < -0.39 is 6.04 Å². The van der Waals surface area contributed by atoms with Gasteiger partial charge in [0.15, 0.2) is 0 Å². The highest BCUT2D eigenvalue weighted by atomic mass is 32.1. The van der Waals surface area contributed by atoms with Gasteiger partial charge in [-0.2, -0.15) is 0 Å². The topological polar surface area (TPSA) is 82.6 Å². The second-order valence-corrected chi connectivity index (χ2v) is 9.64. The van der Waals surface area contributed by atoms with Crippen molar-refractivity contribution in [3.63, 3.8) is 0 Å². The van der Waals surface area contributed by atoms with E-state index in [4.69, 9.17) is 0 Å². The molecule has 1 fully saturated rings. The van der Waals surface area contributed by atoms with Crippen LogP contribution in [-0.4, -0.2) is 40.7 Å². The molecule has 0 unspecified atom stereocenters. The van der Waals surface area contributed by atoms with Crippen molar-refractivity contribution in [3.05, 3.63) is 81.8 Å². The molecule has 1 aromatic heterocycles. The third-order valence-corrected chi connectivity index (χ3v) is 7.51. The number of benzene rings is 2. The number of amides is 3. The predicted octanol–water partition coefficient (Wildman–Crippen LogP) is 4.03. The zero-order chi connectivity index (χ0) is 23.7. The molecule has 0 radical (unpaired) electrons. The molecule has 0 saturated carbocycles. The normalized spacial score (nSPS) is 18.7. The Labute approximate surface area is 202 Å². The van der Waals surface area contributed by atoms with Crippen molar-refractivity contribution in [2.75, 3.05) is 18.0 Å². The SMILES string of the molecule is C[C@@H](c1nccs1)N1C(=O)c2cccc(N3CCC[C@@H](C(=O)NCc4ccccc4)C3)c2C1=O. The summed E-state index contributed by atoms with van der Waals surface area (Å²) < 4.78 is 0. The van der Waals surface area contributed by atoms with Gasteiger partial charge in [-0.1, -0.05) is 36.4 Å². The Balaban J connectivity index is 1.34. The lowest BCUT2D eigenvalue weighted by atomic mass is 9.95. The summed E-state index contributed by atoms with van der Waals surface area (Å²) in [6.07, 6.45) is 3.32. The van der Waals surface area contributed by atoms with Gasteiger partial charge in [0.1, 0.15) is 5.01 Å². The molecule has 5 rings (SSSR count). The van der Waals surface area contributed by atoms with Crippen molar-refractivity contribution in [3.8, 4) is 0 Å². The van der Waals surface area contributed by atoms with E-state index in [0.717, 1.165) is 35.6 Å². The number of piperidine rings is 1. The lowest BCUT2D eigenvalue weighted by Crippen LogP contribution is -2.43. The van der Waals surface area contributed by atoms with Crippen LogP contribution in [0.1, 0.15) is 57.1 Å². The van der Waals surface area contributed by atoms with Crippen molar-refractivity contribution >= 4 is 34.7 Å². The average molecular weight is 475 g/mol. The third-order valence-electron chi connectivity index (χ3n) is 6.56. The first-order valence-corrected chi connectivity index (χ1v) is 12.4. The number of nitrogens with zero attached hydrogens (tertiary/aromatic N) is 3. The van der Waals surface area contributed by atoms with Crippen molar-refractivity contribution in [1.29, 1.82) is 0 Å². The number of rotatable bonds is 6. The van der Waals surface area contributed by atoms with E-state index in [-0.39, 0.29) is 23.6 Å². The average Bonchev–Trinajstić information content (AvgIpc) is 3.50. The van der Waals surface area contributed by atoms with Gasteiger partial charge in [-0.05, 0) is 37.5 Å². The minimum atomic E-state index is -0.432. The maximum Gasteiger partial charge on any atom is 0.264 e. The molecule has 0 spiro atoms. The molecule has 7 nitrogen and oxygen atoms in total. The summed E-state index contributed by atoms with van der Waals surface area (Å²) in [5.74, 6) is -0.749. The monoisotopic (exact) mass is 474 g/mol. The van der Waals surface area contributed by atoms with E-state index in [2.05, 4.69) is 15.2 Å². The Bertz CT molecular complexity index is 1210. The van der Waals surface area contributed by atoms with Gasteiger partial charge in [-0.25, -0.2) is 4.98 Å². The van der Waals surface area contributed by atoms with Crippen LogP contribution in [0, 0.1) is 5.92 Å². The van der Waals surface area contributed by atoms with Crippen LogP contribution in [0.5, 0.6) is 0 Å². The van der Waals surface area contributed by atoms with Crippen LogP contribution in [-0.2, 0) is 11.3 Å². The molecule has 3 aromatic rings. The molecule has 3 heterocycles. The second kappa shape index (κ2) is 9.38. The van der Waals surface area contributed by atoms with E-state index in [9.17, 15) is 14.4 Å². The van der Waals surface area contributed by atoms with E-state index in [1.54, 1.807) is 12.3 Å². The van der Waals surface area contributed by atoms with Crippen LogP contribution < -0.4 is 10.2 Å². The van der Waals surface area contributed by atoms with E-state index >= 15 is 0 Å². The minimum Gasteiger partial charge on any atom is -0.370 e. The van der Waals surface area contributed by atoms with Gasteiger partial charge < -0.3 is 10.2 Å². The van der Waals surface area contributed by atoms with Crippen LogP contribution in [0.2, 0.25) is 0 Å². The third kappa shape index (κ3) is 4.09. The first-order valence-electron chi connectivity index (χ1n) is 11.5. The van der Waals surface area contributed by atoms with Crippen molar-refractivity contribution in [2.24, 2.45) is 5.92 Å². The first-order chi connectivity index (χ1) is 16.5. The summed E-state index contributed by atoms with van der Waals surface area (Å²) in [6, 6.07) is 14.8. The lowest BCUT2D eigenvalue weighted by molar-refractivity contribution is -0.125. The van der Waals surface area contributed by atoms with Gasteiger partial charge in [0.2, 0.25) is 5.91 Å². The molecule has 2 atom stereocenters. The molecule has 0 bridgehead atoms. The zero-order valence-electron chi connectivity index (χ0n) is 18.9. The van der Waals surface area contributed by atoms with Gasteiger partial charge in [0, 0.05) is 31.2 Å². The van der Waals surface area contributed by atoms with Crippen LogP contribution in [0.4, 0.5) is 5.69 Å². The summed E-state index contributed by atoms with van der Waals surface area (Å²) in [4.78, 5) is 47.2. The molecule has 0 aliphatic carbocycles. The van der Waals surface area contributed by atoms with Crippen LogP contribution in [0.3, 0.4) is 0 Å². The van der Waals surface area contributed by atoms with Crippen molar-refractivity contribution in [1.82, 2.24) is 15.2 Å². The standard InChI is InChI=1S/C26H26N4O3S/c1-17(24-27-12-14-34-24)30-25(32)20-10-5-11-21(22(20)26(30)33)29-13-6-9-19(16-29)23(31)28-15-18-7-3-2-4-8-18/h2-5,7-8,10-12,14,17,19H,6,9,13,15-16H2,1H3,(H,28,31)/t17-,19+/m0/s1. The number of aromatic nitrogens is 1. The number of hydrogen-bond acceptors (Lipinski definition) is 6. The summed E-state index contributed by atoms with van der Waals surface area (Å²) in [6.45, 7) is 3.57. The summed E-state index contributed by atoms with van der Waals surface area (Å²) in [7, 11) is 0. The maximum atomic E-state index is 13.5. The van der Waals surface area contributed by atoms with Gasteiger partial charge in [-0.15, -0.1) is 11.3 Å². The fourth-order valence-electron chi connectivity index (χ4n) is 4.79. The second-order valence-electron chi connectivity index (χ2n) is 8.71. The molecule has 1 saturated heterocycles. The molecule has 2 aliphatic heterocycles. The molecule has 3 amide bonds. The number of hydrogen-bond donors (Lipinski definition) is 1. The smallest absolute Gasteiger partial charge is 0.264 e. The molecule has 34 heavy (non-hydrogen) atoms. The molecular weight excluding hydrogens is 448 g/mol.